The van der Waals surface area contributed by atoms with E-state index in [9.17, 15) is 4.79 Å². The van der Waals surface area contributed by atoms with E-state index in [1.807, 2.05) is 20.0 Å². The molecule has 0 bridgehead atoms. The van der Waals surface area contributed by atoms with Crippen LogP contribution in [0.4, 0.5) is 5.95 Å². The molecule has 1 atom stereocenters. The van der Waals surface area contributed by atoms with E-state index >= 15 is 0 Å². The third-order valence-electron chi connectivity index (χ3n) is 4.98. The number of hydrogen-bond donors (Lipinski definition) is 1. The van der Waals surface area contributed by atoms with Gasteiger partial charge in [-0.15, -0.1) is 5.10 Å². The summed E-state index contributed by atoms with van der Waals surface area (Å²) in [7, 11) is 2.07. The molecule has 1 aliphatic carbocycles. The van der Waals surface area contributed by atoms with E-state index in [0.29, 0.717) is 6.04 Å². The minimum atomic E-state index is -0.187. The minimum Gasteiger partial charge on any atom is -0.348 e. The fourth-order valence-corrected chi connectivity index (χ4v) is 3.46. The maximum Gasteiger partial charge on any atom is 0.242 e. The van der Waals surface area contributed by atoms with Crippen LogP contribution in [-0.4, -0.2) is 49.2 Å². The highest BCUT2D eigenvalue weighted by atomic mass is 16.2. The number of amides is 1. The van der Waals surface area contributed by atoms with Crippen molar-refractivity contribution in [3.05, 3.63) is 23.8 Å². The second kappa shape index (κ2) is 8.20. The lowest BCUT2D eigenvalue weighted by atomic mass is 9.95. The molecule has 2 aromatic rings. The van der Waals surface area contributed by atoms with Gasteiger partial charge in [0, 0.05) is 30.5 Å². The summed E-state index contributed by atoms with van der Waals surface area (Å²) in [6.07, 6.45) is 9.50. The summed E-state index contributed by atoms with van der Waals surface area (Å²) >= 11 is 0. The molecule has 0 saturated heterocycles. The van der Waals surface area contributed by atoms with Crippen molar-refractivity contribution in [2.45, 2.75) is 64.6 Å². The molecule has 0 spiro atoms. The monoisotopic (exact) mass is 358 g/mol. The number of aryl methyl sites for hydroxylation is 1. The normalized spacial score (nSPS) is 16.3. The van der Waals surface area contributed by atoms with Crippen LogP contribution >= 0.6 is 0 Å². The molecule has 1 unspecified atom stereocenters. The summed E-state index contributed by atoms with van der Waals surface area (Å²) < 4.78 is 1.38. The van der Waals surface area contributed by atoms with Crippen LogP contribution in [0.2, 0.25) is 0 Å². The number of hydrogen-bond acceptors (Lipinski definition) is 7. The van der Waals surface area contributed by atoms with Crippen molar-refractivity contribution in [1.29, 1.82) is 0 Å². The first-order valence-corrected chi connectivity index (χ1v) is 9.11. The van der Waals surface area contributed by atoms with Gasteiger partial charge in [-0.2, -0.15) is 0 Å². The average Bonchev–Trinajstić information content (AvgIpc) is 3.14. The predicted molar refractivity (Wildman–Crippen MR) is 96.4 cm³/mol. The molecule has 1 saturated carbocycles. The Hall–Kier alpha value is -2.58. The molecular weight excluding hydrogens is 332 g/mol. The number of carbonyl (C=O) groups excluding carboxylic acids is 1. The fourth-order valence-electron chi connectivity index (χ4n) is 3.46. The van der Waals surface area contributed by atoms with E-state index in [1.165, 1.54) is 43.1 Å². The third kappa shape index (κ3) is 4.33. The second-order valence-corrected chi connectivity index (χ2v) is 6.91. The number of nitrogens with zero attached hydrogens (tertiary/aromatic N) is 7. The zero-order valence-electron chi connectivity index (χ0n) is 15.6. The van der Waals surface area contributed by atoms with E-state index in [4.69, 9.17) is 0 Å². The molecule has 0 radical (unpaired) electrons. The Balaban J connectivity index is 1.63. The summed E-state index contributed by atoms with van der Waals surface area (Å²) in [6, 6.07) is 0.329. The van der Waals surface area contributed by atoms with Crippen LogP contribution in [0.15, 0.2) is 12.5 Å². The van der Waals surface area contributed by atoms with Gasteiger partial charge in [-0.25, -0.2) is 14.6 Å². The van der Waals surface area contributed by atoms with Crippen LogP contribution in [0.5, 0.6) is 0 Å². The van der Waals surface area contributed by atoms with Crippen LogP contribution in [0.25, 0.3) is 0 Å². The first-order chi connectivity index (χ1) is 12.5. The van der Waals surface area contributed by atoms with Gasteiger partial charge >= 0.3 is 0 Å². The molecule has 1 amide bonds. The average molecular weight is 358 g/mol. The van der Waals surface area contributed by atoms with Gasteiger partial charge in [0.05, 0.1) is 6.04 Å². The molecule has 9 heteroatoms. The molecule has 1 N–H and O–H groups in total. The largest absolute Gasteiger partial charge is 0.348 e. The van der Waals surface area contributed by atoms with E-state index in [-0.39, 0.29) is 18.5 Å². The standard InChI is InChI=1S/C17H26N8O/c1-12(20-16(26)10-25-11-19-22-23-25)15-9-18-17(21-13(15)2)24(3)14-7-5-4-6-8-14/h9,11-12,14H,4-8,10H2,1-3H3,(H,20,26). The van der Waals surface area contributed by atoms with Crippen molar-refractivity contribution in [1.82, 2.24) is 35.5 Å². The number of tetrazole rings is 1. The van der Waals surface area contributed by atoms with Crippen molar-refractivity contribution in [3.63, 3.8) is 0 Å². The number of nitrogens with one attached hydrogen (secondary N) is 1. The zero-order chi connectivity index (χ0) is 18.5. The van der Waals surface area contributed by atoms with Crippen molar-refractivity contribution in [2.24, 2.45) is 0 Å². The maximum absolute atomic E-state index is 12.1. The molecule has 1 aliphatic rings. The molecule has 3 rings (SSSR count). The summed E-state index contributed by atoms with van der Waals surface area (Å²) in [6.45, 7) is 3.96. The van der Waals surface area contributed by atoms with Gasteiger partial charge in [0.2, 0.25) is 11.9 Å². The smallest absolute Gasteiger partial charge is 0.242 e. The fraction of sp³-hybridized carbons (Fsp3) is 0.647. The molecule has 0 aromatic carbocycles. The van der Waals surface area contributed by atoms with Crippen LogP contribution in [0.3, 0.4) is 0 Å². The third-order valence-corrected chi connectivity index (χ3v) is 4.98. The summed E-state index contributed by atoms with van der Waals surface area (Å²) in [4.78, 5) is 23.5. The van der Waals surface area contributed by atoms with Crippen LogP contribution < -0.4 is 10.2 Å². The number of rotatable bonds is 6. The highest BCUT2D eigenvalue weighted by Crippen LogP contribution is 2.25. The van der Waals surface area contributed by atoms with Crippen molar-refractivity contribution in [2.75, 3.05) is 11.9 Å². The summed E-state index contributed by atoms with van der Waals surface area (Å²) in [5.41, 5.74) is 1.80. The Morgan fingerprint density at radius 1 is 1.38 bits per heavy atom. The Labute approximate surface area is 153 Å². The molecule has 140 valence electrons. The number of carbonyl (C=O) groups is 1. The van der Waals surface area contributed by atoms with Gasteiger partial charge in [0.1, 0.15) is 12.9 Å². The van der Waals surface area contributed by atoms with Crippen molar-refractivity contribution < 1.29 is 4.79 Å². The van der Waals surface area contributed by atoms with Crippen molar-refractivity contribution >= 4 is 11.9 Å². The molecular formula is C17H26N8O. The topological polar surface area (TPSA) is 102 Å². The lowest BCUT2D eigenvalue weighted by Crippen LogP contribution is -2.35. The van der Waals surface area contributed by atoms with Gasteiger partial charge in [0.25, 0.3) is 0 Å². The molecule has 0 aliphatic heterocycles. The zero-order valence-corrected chi connectivity index (χ0v) is 15.6. The van der Waals surface area contributed by atoms with Crippen LogP contribution in [-0.2, 0) is 11.3 Å². The van der Waals surface area contributed by atoms with Gasteiger partial charge in [-0.3, -0.25) is 4.79 Å². The second-order valence-electron chi connectivity index (χ2n) is 6.91. The SMILES string of the molecule is Cc1nc(N(C)C2CCCCC2)ncc1C(C)NC(=O)Cn1cnnn1. The lowest BCUT2D eigenvalue weighted by molar-refractivity contribution is -0.122. The predicted octanol–water partition coefficient (Wildman–Crippen LogP) is 1.42. The van der Waals surface area contributed by atoms with E-state index in [1.54, 1.807) is 0 Å². The van der Waals surface area contributed by atoms with Crippen LogP contribution in [0, 0.1) is 6.92 Å². The Kier molecular flexibility index (Phi) is 5.75. The van der Waals surface area contributed by atoms with Crippen LogP contribution in [0.1, 0.15) is 56.3 Å². The molecule has 1 fully saturated rings. The van der Waals surface area contributed by atoms with E-state index in [0.717, 1.165) is 17.2 Å². The quantitative estimate of drug-likeness (QED) is 0.833. The number of anilines is 1. The summed E-state index contributed by atoms with van der Waals surface area (Å²) in [5, 5.41) is 13.7. The Bertz CT molecular complexity index is 726. The van der Waals surface area contributed by atoms with Crippen molar-refractivity contribution in [3.8, 4) is 0 Å². The first kappa shape index (κ1) is 18.2. The Morgan fingerprint density at radius 3 is 2.81 bits per heavy atom. The maximum atomic E-state index is 12.1. The number of aromatic nitrogens is 6. The molecule has 2 heterocycles. The van der Waals surface area contributed by atoms with E-state index < -0.39 is 0 Å². The highest BCUT2D eigenvalue weighted by Gasteiger charge is 2.21. The molecule has 26 heavy (non-hydrogen) atoms. The van der Waals surface area contributed by atoms with Gasteiger partial charge in [0.15, 0.2) is 0 Å². The minimum absolute atomic E-state index is 0.0831. The van der Waals surface area contributed by atoms with E-state index in [2.05, 4.69) is 42.8 Å². The lowest BCUT2D eigenvalue weighted by Gasteiger charge is -2.31. The summed E-state index contributed by atoms with van der Waals surface area (Å²) in [5.74, 6) is 0.595. The molecule has 9 nitrogen and oxygen atoms in total. The molecule has 2 aromatic heterocycles. The van der Waals surface area contributed by atoms with Gasteiger partial charge in [-0.05, 0) is 37.1 Å². The van der Waals surface area contributed by atoms with Gasteiger partial charge < -0.3 is 10.2 Å². The highest BCUT2D eigenvalue weighted by molar-refractivity contribution is 5.76. The Morgan fingerprint density at radius 2 is 2.15 bits per heavy atom. The first-order valence-electron chi connectivity index (χ1n) is 9.11. The van der Waals surface area contributed by atoms with Gasteiger partial charge in [-0.1, -0.05) is 19.3 Å².